The molecule has 0 aliphatic carbocycles. The topological polar surface area (TPSA) is 69.0 Å². The fourth-order valence-corrected chi connectivity index (χ4v) is 4.05. The lowest BCUT2D eigenvalue weighted by atomic mass is 10.1. The Morgan fingerprint density at radius 2 is 1.62 bits per heavy atom. The van der Waals surface area contributed by atoms with Gasteiger partial charge in [-0.2, -0.15) is 0 Å². The van der Waals surface area contributed by atoms with E-state index in [1.54, 1.807) is 7.11 Å². The number of amides is 1. The molecular formula is C25H24N4O2S. The molecule has 0 aliphatic rings. The van der Waals surface area contributed by atoms with Crippen molar-refractivity contribution in [2.45, 2.75) is 11.6 Å². The quantitative estimate of drug-likeness (QED) is 0.388. The Morgan fingerprint density at radius 1 is 0.938 bits per heavy atom. The molecule has 0 fully saturated rings. The maximum absolute atomic E-state index is 12.4. The first kappa shape index (κ1) is 21.6. The second kappa shape index (κ2) is 10.6. The maximum Gasteiger partial charge on any atom is 0.230 e. The molecule has 0 bridgehead atoms. The summed E-state index contributed by atoms with van der Waals surface area (Å²) in [7, 11) is 1.64. The number of nitrogens with zero attached hydrogens (tertiary/aromatic N) is 3. The van der Waals surface area contributed by atoms with E-state index < -0.39 is 0 Å². The van der Waals surface area contributed by atoms with Gasteiger partial charge in [0.05, 0.1) is 12.9 Å². The third-order valence-electron chi connectivity index (χ3n) is 4.91. The van der Waals surface area contributed by atoms with Gasteiger partial charge in [-0.25, -0.2) is 0 Å². The van der Waals surface area contributed by atoms with Crippen molar-refractivity contribution in [1.82, 2.24) is 20.1 Å². The molecule has 0 saturated heterocycles. The number of benzene rings is 3. The van der Waals surface area contributed by atoms with Crippen LogP contribution < -0.4 is 10.1 Å². The van der Waals surface area contributed by atoms with Crippen LogP contribution in [-0.4, -0.2) is 40.1 Å². The molecule has 0 spiro atoms. The van der Waals surface area contributed by atoms with Crippen molar-refractivity contribution in [3.8, 4) is 22.8 Å². The molecule has 1 aromatic heterocycles. The van der Waals surface area contributed by atoms with Crippen molar-refractivity contribution < 1.29 is 9.53 Å². The number of carbonyl (C=O) groups excluding carboxylic acids is 1. The standard InChI is InChI=1S/C25H24N4O2S/c1-31-22-14-12-20(13-15-22)24-27-28-25(29(24)21-10-6-3-7-11-21)32-18-23(30)26-17-16-19-8-4-2-5-9-19/h2-15H,16-18H2,1H3,(H,26,30). The zero-order valence-electron chi connectivity index (χ0n) is 17.8. The Kier molecular flexibility index (Phi) is 7.19. The highest BCUT2D eigenvalue weighted by molar-refractivity contribution is 7.99. The van der Waals surface area contributed by atoms with Gasteiger partial charge in [0.2, 0.25) is 5.91 Å². The lowest BCUT2D eigenvalue weighted by Crippen LogP contribution is -2.27. The Hall–Kier alpha value is -3.58. The zero-order valence-corrected chi connectivity index (χ0v) is 18.6. The van der Waals surface area contributed by atoms with Gasteiger partial charge in [-0.15, -0.1) is 10.2 Å². The van der Waals surface area contributed by atoms with E-state index in [2.05, 4.69) is 27.6 Å². The average molecular weight is 445 g/mol. The van der Waals surface area contributed by atoms with E-state index in [9.17, 15) is 4.79 Å². The number of ether oxygens (including phenoxy) is 1. The summed E-state index contributed by atoms with van der Waals surface area (Å²) in [6.45, 7) is 0.603. The van der Waals surface area contributed by atoms with Crippen molar-refractivity contribution in [2.75, 3.05) is 19.4 Å². The minimum absolute atomic E-state index is 0.0282. The van der Waals surface area contributed by atoms with Crippen LogP contribution >= 0.6 is 11.8 Å². The van der Waals surface area contributed by atoms with Crippen LogP contribution in [-0.2, 0) is 11.2 Å². The summed E-state index contributed by atoms with van der Waals surface area (Å²) < 4.78 is 7.23. The maximum atomic E-state index is 12.4. The second-order valence-electron chi connectivity index (χ2n) is 7.08. The van der Waals surface area contributed by atoms with Crippen LogP contribution in [0.5, 0.6) is 5.75 Å². The van der Waals surface area contributed by atoms with Crippen molar-refractivity contribution in [3.63, 3.8) is 0 Å². The third-order valence-corrected chi connectivity index (χ3v) is 5.84. The summed E-state index contributed by atoms with van der Waals surface area (Å²) in [6.07, 6.45) is 0.805. The van der Waals surface area contributed by atoms with Gasteiger partial charge in [0.15, 0.2) is 11.0 Å². The molecule has 162 valence electrons. The first-order valence-electron chi connectivity index (χ1n) is 10.3. The minimum atomic E-state index is -0.0282. The van der Waals surface area contributed by atoms with Crippen molar-refractivity contribution in [1.29, 1.82) is 0 Å². The number of carbonyl (C=O) groups is 1. The first-order valence-corrected chi connectivity index (χ1v) is 11.3. The molecule has 1 amide bonds. The van der Waals surface area contributed by atoms with Crippen molar-refractivity contribution in [2.24, 2.45) is 0 Å². The van der Waals surface area contributed by atoms with Crippen LogP contribution in [0.25, 0.3) is 17.1 Å². The molecule has 0 saturated carbocycles. The van der Waals surface area contributed by atoms with Crippen LogP contribution in [0.4, 0.5) is 0 Å². The molecule has 32 heavy (non-hydrogen) atoms. The molecule has 0 aliphatic heterocycles. The van der Waals surface area contributed by atoms with Gasteiger partial charge >= 0.3 is 0 Å². The van der Waals surface area contributed by atoms with Crippen LogP contribution in [0.15, 0.2) is 90.1 Å². The molecule has 0 unspecified atom stereocenters. The van der Waals surface area contributed by atoms with Crippen molar-refractivity contribution in [3.05, 3.63) is 90.5 Å². The van der Waals surface area contributed by atoms with Gasteiger partial charge in [-0.1, -0.05) is 60.3 Å². The summed E-state index contributed by atoms with van der Waals surface area (Å²) in [4.78, 5) is 12.4. The summed E-state index contributed by atoms with van der Waals surface area (Å²) in [5.74, 6) is 1.73. The second-order valence-corrected chi connectivity index (χ2v) is 8.02. The van der Waals surface area contributed by atoms with Gasteiger partial charge in [-0.05, 0) is 48.4 Å². The normalized spacial score (nSPS) is 10.7. The molecule has 0 radical (unpaired) electrons. The number of hydrogen-bond donors (Lipinski definition) is 1. The monoisotopic (exact) mass is 444 g/mol. The highest BCUT2D eigenvalue weighted by atomic mass is 32.2. The van der Waals surface area contributed by atoms with E-state index in [4.69, 9.17) is 4.74 Å². The van der Waals surface area contributed by atoms with Gasteiger partial charge in [0.1, 0.15) is 5.75 Å². The Morgan fingerprint density at radius 3 is 2.31 bits per heavy atom. The van der Waals surface area contributed by atoms with E-state index >= 15 is 0 Å². The molecule has 6 nitrogen and oxygen atoms in total. The summed E-state index contributed by atoms with van der Waals surface area (Å²) in [6, 6.07) is 27.7. The fourth-order valence-electron chi connectivity index (χ4n) is 3.27. The van der Waals surface area contributed by atoms with Gasteiger partial charge < -0.3 is 10.1 Å². The largest absolute Gasteiger partial charge is 0.497 e. The Bertz CT molecular complexity index is 1150. The minimum Gasteiger partial charge on any atom is -0.497 e. The lowest BCUT2D eigenvalue weighted by Gasteiger charge is -2.11. The number of para-hydroxylation sites is 1. The third kappa shape index (κ3) is 5.36. The van der Waals surface area contributed by atoms with E-state index in [0.29, 0.717) is 17.5 Å². The molecule has 4 rings (SSSR count). The van der Waals surface area contributed by atoms with E-state index in [0.717, 1.165) is 23.4 Å². The lowest BCUT2D eigenvalue weighted by molar-refractivity contribution is -0.118. The summed E-state index contributed by atoms with van der Waals surface area (Å²) in [5, 5.41) is 12.4. The number of thioether (sulfide) groups is 1. The number of aromatic nitrogens is 3. The highest BCUT2D eigenvalue weighted by Gasteiger charge is 2.17. The molecule has 4 aromatic rings. The van der Waals surface area contributed by atoms with E-state index in [1.807, 2.05) is 77.4 Å². The molecule has 7 heteroatoms. The zero-order chi connectivity index (χ0) is 22.2. The fraction of sp³-hybridized carbons (Fsp3) is 0.160. The highest BCUT2D eigenvalue weighted by Crippen LogP contribution is 2.28. The Balaban J connectivity index is 1.47. The molecule has 0 atom stereocenters. The predicted molar refractivity (Wildman–Crippen MR) is 127 cm³/mol. The molecule has 1 N–H and O–H groups in total. The molecular weight excluding hydrogens is 420 g/mol. The summed E-state index contributed by atoms with van der Waals surface area (Å²) >= 11 is 1.37. The first-order chi connectivity index (χ1) is 15.7. The van der Waals surface area contributed by atoms with Crippen LogP contribution in [0.2, 0.25) is 0 Å². The summed E-state index contributed by atoms with van der Waals surface area (Å²) in [5.41, 5.74) is 3.06. The van der Waals surface area contributed by atoms with E-state index in [1.165, 1.54) is 17.3 Å². The molecule has 3 aromatic carbocycles. The average Bonchev–Trinajstić information content (AvgIpc) is 3.28. The number of rotatable bonds is 9. The number of hydrogen-bond acceptors (Lipinski definition) is 5. The van der Waals surface area contributed by atoms with Gasteiger partial charge in [-0.3, -0.25) is 9.36 Å². The smallest absolute Gasteiger partial charge is 0.230 e. The van der Waals surface area contributed by atoms with Crippen LogP contribution in [0.3, 0.4) is 0 Å². The van der Waals surface area contributed by atoms with Crippen LogP contribution in [0, 0.1) is 0 Å². The van der Waals surface area contributed by atoms with Gasteiger partial charge in [0.25, 0.3) is 0 Å². The molecule has 1 heterocycles. The van der Waals surface area contributed by atoms with Crippen molar-refractivity contribution >= 4 is 17.7 Å². The van der Waals surface area contributed by atoms with E-state index in [-0.39, 0.29) is 11.7 Å². The van der Waals surface area contributed by atoms with Crippen LogP contribution in [0.1, 0.15) is 5.56 Å². The predicted octanol–water partition coefficient (Wildman–Crippen LogP) is 4.39. The SMILES string of the molecule is COc1ccc(-c2nnc(SCC(=O)NCCc3ccccc3)n2-c2ccccc2)cc1. The number of nitrogens with one attached hydrogen (secondary N) is 1. The Labute approximate surface area is 191 Å². The van der Waals surface area contributed by atoms with Gasteiger partial charge in [0, 0.05) is 17.8 Å². The number of methoxy groups -OCH3 is 1.